The maximum Gasteiger partial charge on any atom is 0.225 e. The molecular formula is C20H24FN3O. The summed E-state index contributed by atoms with van der Waals surface area (Å²) in [5, 5.41) is 6.00. The Balaban J connectivity index is 1.39. The predicted octanol–water partition coefficient (Wildman–Crippen LogP) is 3.54. The van der Waals surface area contributed by atoms with Gasteiger partial charge < -0.3 is 15.5 Å². The third-order valence-corrected chi connectivity index (χ3v) is 4.42. The Labute approximate surface area is 148 Å². The number of rotatable bonds is 7. The van der Waals surface area contributed by atoms with Crippen molar-refractivity contribution in [1.29, 1.82) is 0 Å². The largest absolute Gasteiger partial charge is 0.372 e. The molecule has 0 aliphatic carbocycles. The minimum atomic E-state index is -0.224. The van der Waals surface area contributed by atoms with E-state index in [9.17, 15) is 9.18 Å². The van der Waals surface area contributed by atoms with Crippen LogP contribution in [-0.2, 0) is 11.3 Å². The summed E-state index contributed by atoms with van der Waals surface area (Å²) in [5.74, 6) is -0.271. The van der Waals surface area contributed by atoms with Gasteiger partial charge in [0.2, 0.25) is 5.91 Å². The zero-order chi connectivity index (χ0) is 17.5. The molecule has 4 nitrogen and oxygen atoms in total. The van der Waals surface area contributed by atoms with Gasteiger partial charge in [-0.25, -0.2) is 4.39 Å². The van der Waals surface area contributed by atoms with Crippen LogP contribution in [0.4, 0.5) is 15.8 Å². The quantitative estimate of drug-likeness (QED) is 0.757. The molecule has 0 radical (unpaired) electrons. The van der Waals surface area contributed by atoms with Crippen molar-refractivity contribution < 1.29 is 9.18 Å². The summed E-state index contributed by atoms with van der Waals surface area (Å²) in [4.78, 5) is 14.4. The van der Waals surface area contributed by atoms with Crippen LogP contribution in [0.1, 0.15) is 24.8 Å². The van der Waals surface area contributed by atoms with Crippen molar-refractivity contribution in [2.75, 3.05) is 29.9 Å². The van der Waals surface area contributed by atoms with Gasteiger partial charge in [-0.15, -0.1) is 0 Å². The van der Waals surface area contributed by atoms with Crippen molar-refractivity contribution in [3.63, 3.8) is 0 Å². The van der Waals surface area contributed by atoms with Gasteiger partial charge in [0.25, 0.3) is 0 Å². The van der Waals surface area contributed by atoms with Crippen LogP contribution in [0.5, 0.6) is 0 Å². The first-order chi connectivity index (χ1) is 12.2. The van der Waals surface area contributed by atoms with Gasteiger partial charge >= 0.3 is 0 Å². The Kier molecular flexibility index (Phi) is 6.01. The summed E-state index contributed by atoms with van der Waals surface area (Å²) < 4.78 is 13.5. The van der Waals surface area contributed by atoms with Gasteiger partial charge in [-0.1, -0.05) is 18.2 Å². The molecule has 0 saturated carbocycles. The average Bonchev–Trinajstić information content (AvgIpc) is 3.15. The first kappa shape index (κ1) is 17.4. The molecule has 5 heteroatoms. The Morgan fingerprint density at radius 1 is 1.04 bits per heavy atom. The highest BCUT2D eigenvalue weighted by Crippen LogP contribution is 2.22. The molecule has 0 unspecified atom stereocenters. The molecule has 0 bridgehead atoms. The van der Waals surface area contributed by atoms with Crippen LogP contribution in [0, 0.1) is 5.82 Å². The van der Waals surface area contributed by atoms with E-state index in [1.807, 2.05) is 12.1 Å². The number of carbonyl (C=O) groups is 1. The summed E-state index contributed by atoms with van der Waals surface area (Å²) in [6.45, 7) is 3.15. The topological polar surface area (TPSA) is 44.4 Å². The second kappa shape index (κ2) is 8.62. The van der Waals surface area contributed by atoms with Crippen molar-refractivity contribution in [2.45, 2.75) is 25.8 Å². The molecule has 0 atom stereocenters. The number of hydrogen-bond acceptors (Lipinski definition) is 3. The third kappa shape index (κ3) is 5.03. The first-order valence-corrected chi connectivity index (χ1v) is 8.81. The van der Waals surface area contributed by atoms with Crippen molar-refractivity contribution >= 4 is 17.3 Å². The fraction of sp³-hybridized carbons (Fsp3) is 0.350. The van der Waals surface area contributed by atoms with Crippen molar-refractivity contribution in [3.05, 3.63) is 59.9 Å². The lowest BCUT2D eigenvalue weighted by atomic mass is 10.2. The Morgan fingerprint density at radius 3 is 2.48 bits per heavy atom. The first-order valence-electron chi connectivity index (χ1n) is 8.81. The van der Waals surface area contributed by atoms with Gasteiger partial charge in [0.05, 0.1) is 0 Å². The number of nitrogens with one attached hydrogen (secondary N) is 2. The minimum absolute atomic E-state index is 0.0463. The van der Waals surface area contributed by atoms with Gasteiger partial charge in [-0.3, -0.25) is 4.79 Å². The zero-order valence-corrected chi connectivity index (χ0v) is 14.3. The van der Waals surface area contributed by atoms with E-state index < -0.39 is 0 Å². The van der Waals surface area contributed by atoms with Gasteiger partial charge in [-0.05, 0) is 43.2 Å². The van der Waals surface area contributed by atoms with Crippen LogP contribution >= 0.6 is 0 Å². The molecule has 1 saturated heterocycles. The molecule has 0 aromatic heterocycles. The van der Waals surface area contributed by atoms with E-state index in [1.165, 1.54) is 24.6 Å². The summed E-state index contributed by atoms with van der Waals surface area (Å²) >= 11 is 0. The second-order valence-electron chi connectivity index (χ2n) is 6.31. The van der Waals surface area contributed by atoms with Crippen molar-refractivity contribution in [2.24, 2.45) is 0 Å². The average molecular weight is 341 g/mol. The maximum atomic E-state index is 13.5. The van der Waals surface area contributed by atoms with E-state index in [1.54, 1.807) is 18.2 Å². The standard InChI is InChI=1S/C20H24FN3O/c21-19-6-2-1-5-16(19)15-22-12-11-20(25)23-17-7-9-18(10-8-17)24-13-3-4-14-24/h1-2,5-10,22H,3-4,11-15H2,(H,23,25). The molecule has 25 heavy (non-hydrogen) atoms. The number of anilines is 2. The molecule has 3 rings (SSSR count). The molecule has 1 fully saturated rings. The van der Waals surface area contributed by atoms with E-state index >= 15 is 0 Å². The number of nitrogens with zero attached hydrogens (tertiary/aromatic N) is 1. The Morgan fingerprint density at radius 2 is 1.76 bits per heavy atom. The van der Waals surface area contributed by atoms with E-state index in [2.05, 4.69) is 27.7 Å². The SMILES string of the molecule is O=C(CCNCc1ccccc1F)Nc1ccc(N2CCCC2)cc1. The highest BCUT2D eigenvalue weighted by molar-refractivity contribution is 5.91. The number of hydrogen-bond donors (Lipinski definition) is 2. The van der Waals surface area contributed by atoms with Gasteiger partial charge in [0.1, 0.15) is 5.82 Å². The molecule has 132 valence electrons. The van der Waals surface area contributed by atoms with E-state index in [0.29, 0.717) is 25.1 Å². The molecule has 2 N–H and O–H groups in total. The molecule has 1 aliphatic heterocycles. The molecule has 2 aromatic rings. The third-order valence-electron chi connectivity index (χ3n) is 4.42. The van der Waals surface area contributed by atoms with Crippen LogP contribution in [0.25, 0.3) is 0 Å². The van der Waals surface area contributed by atoms with Gasteiger partial charge in [0.15, 0.2) is 0 Å². The minimum Gasteiger partial charge on any atom is -0.372 e. The maximum absolute atomic E-state index is 13.5. The van der Waals surface area contributed by atoms with Crippen LogP contribution in [-0.4, -0.2) is 25.5 Å². The predicted molar refractivity (Wildman–Crippen MR) is 99.2 cm³/mol. The Hall–Kier alpha value is -2.40. The summed E-state index contributed by atoms with van der Waals surface area (Å²) in [6.07, 6.45) is 2.85. The lowest BCUT2D eigenvalue weighted by Crippen LogP contribution is -2.22. The van der Waals surface area contributed by atoms with Crippen LogP contribution in [0.15, 0.2) is 48.5 Å². The van der Waals surface area contributed by atoms with Crippen LogP contribution in [0.2, 0.25) is 0 Å². The smallest absolute Gasteiger partial charge is 0.225 e. The monoisotopic (exact) mass is 341 g/mol. The normalized spacial score (nSPS) is 13.9. The van der Waals surface area contributed by atoms with Gasteiger partial charge in [0, 0.05) is 49.5 Å². The van der Waals surface area contributed by atoms with Crippen LogP contribution in [0.3, 0.4) is 0 Å². The summed E-state index contributed by atoms with van der Waals surface area (Å²) in [5.41, 5.74) is 2.63. The molecule has 2 aromatic carbocycles. The van der Waals surface area contributed by atoms with E-state index in [4.69, 9.17) is 0 Å². The van der Waals surface area contributed by atoms with Crippen molar-refractivity contribution in [3.8, 4) is 0 Å². The lowest BCUT2D eigenvalue weighted by molar-refractivity contribution is -0.116. The number of amides is 1. The zero-order valence-electron chi connectivity index (χ0n) is 14.3. The van der Waals surface area contributed by atoms with E-state index in [0.717, 1.165) is 18.8 Å². The van der Waals surface area contributed by atoms with Crippen LogP contribution < -0.4 is 15.5 Å². The molecule has 1 heterocycles. The molecule has 1 amide bonds. The highest BCUT2D eigenvalue weighted by atomic mass is 19.1. The molecular weight excluding hydrogens is 317 g/mol. The number of benzene rings is 2. The number of carbonyl (C=O) groups excluding carboxylic acids is 1. The molecule has 0 spiro atoms. The summed E-state index contributed by atoms with van der Waals surface area (Å²) in [7, 11) is 0. The molecule has 1 aliphatic rings. The fourth-order valence-corrected chi connectivity index (χ4v) is 3.02. The highest BCUT2D eigenvalue weighted by Gasteiger charge is 2.12. The lowest BCUT2D eigenvalue weighted by Gasteiger charge is -2.17. The van der Waals surface area contributed by atoms with Crippen molar-refractivity contribution in [1.82, 2.24) is 5.32 Å². The fourth-order valence-electron chi connectivity index (χ4n) is 3.02. The Bertz CT molecular complexity index is 696. The number of halogens is 1. The summed E-state index contributed by atoms with van der Waals surface area (Å²) in [6, 6.07) is 14.6. The second-order valence-corrected chi connectivity index (χ2v) is 6.31. The van der Waals surface area contributed by atoms with E-state index in [-0.39, 0.29) is 11.7 Å². The van der Waals surface area contributed by atoms with Gasteiger partial charge in [-0.2, -0.15) is 0 Å².